The fourth-order valence-corrected chi connectivity index (χ4v) is 4.44. The molecule has 33 heavy (non-hydrogen) atoms. The summed E-state index contributed by atoms with van der Waals surface area (Å²) in [6.45, 7) is 6.10. The Hall–Kier alpha value is -4.13. The first-order chi connectivity index (χ1) is 16.0. The molecular formula is C26H25N5O2. The number of hydrogen-bond donors (Lipinski definition) is 3. The van der Waals surface area contributed by atoms with Gasteiger partial charge in [-0.1, -0.05) is 24.8 Å². The van der Waals surface area contributed by atoms with Gasteiger partial charge in [0.25, 0.3) is 0 Å². The fourth-order valence-electron chi connectivity index (χ4n) is 4.44. The van der Waals surface area contributed by atoms with E-state index in [9.17, 15) is 9.90 Å². The zero-order valence-corrected chi connectivity index (χ0v) is 18.4. The van der Waals surface area contributed by atoms with Crippen LogP contribution in [0.15, 0.2) is 61.2 Å². The van der Waals surface area contributed by atoms with Gasteiger partial charge in [-0.15, -0.1) is 0 Å². The molecule has 1 aliphatic rings. The zero-order chi connectivity index (χ0) is 22.9. The van der Waals surface area contributed by atoms with E-state index in [1.165, 1.54) is 6.08 Å². The van der Waals surface area contributed by atoms with Gasteiger partial charge in [0.05, 0.1) is 16.9 Å². The van der Waals surface area contributed by atoms with Crippen molar-refractivity contribution in [3.05, 3.63) is 83.7 Å². The number of fused-ring (bicyclic) bond motifs is 2. The van der Waals surface area contributed by atoms with Gasteiger partial charge in [0.15, 0.2) is 0 Å². The maximum atomic E-state index is 11.9. The van der Waals surface area contributed by atoms with E-state index < -0.39 is 0 Å². The van der Waals surface area contributed by atoms with Crippen LogP contribution in [0.4, 0.5) is 11.5 Å². The molecule has 166 valence electrons. The second-order valence-corrected chi connectivity index (χ2v) is 8.23. The third kappa shape index (κ3) is 3.93. The molecule has 0 unspecified atom stereocenters. The van der Waals surface area contributed by atoms with Crippen molar-refractivity contribution in [2.45, 2.75) is 32.7 Å². The number of aryl methyl sites for hydroxylation is 2. The van der Waals surface area contributed by atoms with Crippen LogP contribution in [0.2, 0.25) is 0 Å². The van der Waals surface area contributed by atoms with Crippen molar-refractivity contribution in [1.82, 2.24) is 14.5 Å². The Morgan fingerprint density at radius 1 is 1.18 bits per heavy atom. The van der Waals surface area contributed by atoms with Crippen LogP contribution in [-0.2, 0) is 24.2 Å². The Morgan fingerprint density at radius 3 is 2.85 bits per heavy atom. The molecule has 7 nitrogen and oxygen atoms in total. The summed E-state index contributed by atoms with van der Waals surface area (Å²) in [5.74, 6) is 1.43. The Balaban J connectivity index is 1.56. The monoisotopic (exact) mass is 439 g/mol. The van der Waals surface area contributed by atoms with Gasteiger partial charge in [0, 0.05) is 23.2 Å². The number of phenols is 1. The quantitative estimate of drug-likeness (QED) is 0.380. The minimum atomic E-state index is -0.250. The van der Waals surface area contributed by atoms with E-state index in [1.807, 2.05) is 47.9 Å². The fraction of sp³-hybridized carbons (Fsp3) is 0.192. The molecule has 3 N–H and O–H groups in total. The number of aromatic hydroxyl groups is 1. The molecular weight excluding hydrogens is 414 g/mol. The molecule has 0 atom stereocenters. The van der Waals surface area contributed by atoms with Gasteiger partial charge in [-0.3, -0.25) is 9.36 Å². The molecule has 1 aliphatic carbocycles. The highest BCUT2D eigenvalue weighted by molar-refractivity contribution is 6.06. The Labute approximate surface area is 191 Å². The van der Waals surface area contributed by atoms with Crippen molar-refractivity contribution in [3.63, 3.8) is 0 Å². The van der Waals surface area contributed by atoms with Crippen LogP contribution in [0.1, 0.15) is 28.9 Å². The van der Waals surface area contributed by atoms with E-state index in [-0.39, 0.29) is 11.7 Å². The van der Waals surface area contributed by atoms with Crippen LogP contribution in [0.5, 0.6) is 5.75 Å². The Kier molecular flexibility index (Phi) is 5.30. The number of anilines is 2. The lowest BCUT2D eigenvalue weighted by Gasteiger charge is -2.14. The highest BCUT2D eigenvalue weighted by Gasteiger charge is 2.22. The minimum Gasteiger partial charge on any atom is -0.508 e. The van der Waals surface area contributed by atoms with Gasteiger partial charge in [0.1, 0.15) is 11.6 Å². The summed E-state index contributed by atoms with van der Waals surface area (Å²) >= 11 is 0. The number of amides is 1. The average molecular weight is 440 g/mol. The topological polar surface area (TPSA) is 92.1 Å². The molecule has 0 spiro atoms. The molecule has 0 saturated heterocycles. The van der Waals surface area contributed by atoms with E-state index >= 15 is 0 Å². The van der Waals surface area contributed by atoms with Crippen LogP contribution >= 0.6 is 0 Å². The predicted octanol–water partition coefficient (Wildman–Crippen LogP) is 4.66. The van der Waals surface area contributed by atoms with Crippen LogP contribution in [-0.4, -0.2) is 25.5 Å². The number of aromatic nitrogens is 3. The maximum Gasteiger partial charge on any atom is 0.247 e. The molecule has 2 aromatic heterocycles. The lowest BCUT2D eigenvalue weighted by atomic mass is 10.2. The van der Waals surface area contributed by atoms with Gasteiger partial charge >= 0.3 is 0 Å². The maximum absolute atomic E-state index is 11.9. The van der Waals surface area contributed by atoms with E-state index in [0.29, 0.717) is 12.5 Å². The Morgan fingerprint density at radius 2 is 2.03 bits per heavy atom. The first kappa shape index (κ1) is 20.8. The number of benzene rings is 2. The van der Waals surface area contributed by atoms with Gasteiger partial charge in [-0.25, -0.2) is 4.98 Å². The summed E-state index contributed by atoms with van der Waals surface area (Å²) in [7, 11) is 0. The molecule has 2 heterocycles. The molecule has 4 aromatic rings. The van der Waals surface area contributed by atoms with E-state index in [1.54, 1.807) is 12.1 Å². The predicted molar refractivity (Wildman–Crippen MR) is 130 cm³/mol. The first-order valence-electron chi connectivity index (χ1n) is 11.0. The van der Waals surface area contributed by atoms with Crippen molar-refractivity contribution >= 4 is 28.3 Å². The van der Waals surface area contributed by atoms with Gasteiger partial charge in [0.2, 0.25) is 11.9 Å². The van der Waals surface area contributed by atoms with E-state index in [0.717, 1.165) is 64.2 Å². The Bertz CT molecular complexity index is 1390. The SMILES string of the molecule is C=CC(=O)Nc1cccc2c1cc(C)n2-c1nc2c(c(NCc3cccc(O)c3)n1)CCC2. The number of carbonyl (C=O) groups excluding carboxylic acids is 1. The molecule has 0 saturated carbocycles. The van der Waals surface area contributed by atoms with Crippen molar-refractivity contribution in [2.24, 2.45) is 0 Å². The van der Waals surface area contributed by atoms with Crippen molar-refractivity contribution in [1.29, 1.82) is 0 Å². The lowest BCUT2D eigenvalue weighted by molar-refractivity contribution is -0.111. The third-order valence-electron chi connectivity index (χ3n) is 5.97. The third-order valence-corrected chi connectivity index (χ3v) is 5.97. The van der Waals surface area contributed by atoms with Crippen molar-refractivity contribution < 1.29 is 9.90 Å². The largest absolute Gasteiger partial charge is 0.508 e. The molecule has 0 bridgehead atoms. The molecule has 2 aromatic carbocycles. The number of nitrogens with zero attached hydrogens (tertiary/aromatic N) is 3. The van der Waals surface area contributed by atoms with Crippen LogP contribution in [0, 0.1) is 6.92 Å². The molecule has 0 fully saturated rings. The number of rotatable bonds is 6. The summed E-state index contributed by atoms with van der Waals surface area (Å²) in [5, 5.41) is 17.0. The second-order valence-electron chi connectivity index (χ2n) is 8.23. The average Bonchev–Trinajstić information content (AvgIpc) is 3.41. The summed E-state index contributed by atoms with van der Waals surface area (Å²) in [6, 6.07) is 15.0. The number of carbonyl (C=O) groups is 1. The van der Waals surface area contributed by atoms with Gasteiger partial charge in [-0.05, 0) is 68.2 Å². The van der Waals surface area contributed by atoms with Gasteiger partial charge in [-0.2, -0.15) is 4.98 Å². The van der Waals surface area contributed by atoms with Crippen LogP contribution in [0.3, 0.4) is 0 Å². The zero-order valence-electron chi connectivity index (χ0n) is 18.4. The molecule has 5 rings (SSSR count). The highest BCUT2D eigenvalue weighted by Crippen LogP contribution is 2.32. The van der Waals surface area contributed by atoms with E-state index in [4.69, 9.17) is 9.97 Å². The molecule has 0 radical (unpaired) electrons. The van der Waals surface area contributed by atoms with E-state index in [2.05, 4.69) is 17.2 Å². The lowest BCUT2D eigenvalue weighted by Crippen LogP contribution is -2.11. The highest BCUT2D eigenvalue weighted by atomic mass is 16.3. The van der Waals surface area contributed by atoms with Crippen molar-refractivity contribution in [2.75, 3.05) is 10.6 Å². The van der Waals surface area contributed by atoms with Crippen LogP contribution < -0.4 is 10.6 Å². The minimum absolute atomic E-state index is 0.247. The summed E-state index contributed by atoms with van der Waals surface area (Å²) in [6.07, 6.45) is 4.18. The molecule has 1 amide bonds. The molecule has 0 aliphatic heterocycles. The number of hydrogen-bond acceptors (Lipinski definition) is 5. The summed E-state index contributed by atoms with van der Waals surface area (Å²) < 4.78 is 2.02. The number of nitrogens with one attached hydrogen (secondary N) is 2. The van der Waals surface area contributed by atoms with Gasteiger partial charge < -0.3 is 15.7 Å². The standard InChI is InChI=1S/C26H25N5O2/c1-3-24(33)28-22-11-6-12-23-20(22)13-16(2)31(23)26-29-21-10-5-9-19(21)25(30-26)27-15-17-7-4-8-18(32)14-17/h3-4,6-8,11-14,32H,1,5,9-10,15H2,2H3,(H,28,33)(H,27,29,30). The molecule has 7 heteroatoms. The van der Waals surface area contributed by atoms with Crippen LogP contribution in [0.25, 0.3) is 16.9 Å². The first-order valence-corrected chi connectivity index (χ1v) is 11.0. The number of phenolic OH excluding ortho intramolecular Hbond substituents is 1. The normalized spacial score (nSPS) is 12.5. The summed E-state index contributed by atoms with van der Waals surface area (Å²) in [4.78, 5) is 21.7. The second kappa shape index (κ2) is 8.43. The smallest absolute Gasteiger partial charge is 0.247 e. The van der Waals surface area contributed by atoms with Crippen molar-refractivity contribution in [3.8, 4) is 11.7 Å². The summed E-state index contributed by atoms with van der Waals surface area (Å²) in [5.41, 5.74) is 5.82.